The summed E-state index contributed by atoms with van der Waals surface area (Å²) in [5.74, 6) is 0.770. The van der Waals surface area contributed by atoms with Crippen LogP contribution in [0.4, 0.5) is 5.69 Å². The van der Waals surface area contributed by atoms with Crippen molar-refractivity contribution in [1.82, 2.24) is 0 Å². The molecule has 5 heteroatoms. The topological polar surface area (TPSA) is 47.6 Å². The van der Waals surface area contributed by atoms with Gasteiger partial charge in [-0.1, -0.05) is 43.1 Å². The van der Waals surface area contributed by atoms with Gasteiger partial charge in [-0.25, -0.2) is 0 Å². The summed E-state index contributed by atoms with van der Waals surface area (Å²) in [5.41, 5.74) is 0.945. The minimum Gasteiger partial charge on any atom is -0.494 e. The van der Waals surface area contributed by atoms with Gasteiger partial charge in [0.2, 0.25) is 5.91 Å². The first kappa shape index (κ1) is 19.7. The Balaban J connectivity index is 1.76. The van der Waals surface area contributed by atoms with Gasteiger partial charge >= 0.3 is 0 Å². The Hall–Kier alpha value is -2.04. The van der Waals surface area contributed by atoms with E-state index in [2.05, 4.69) is 12.2 Å². The molecule has 2 aromatic rings. The Morgan fingerprint density at radius 2 is 1.85 bits per heavy atom. The van der Waals surface area contributed by atoms with Gasteiger partial charge in [0.05, 0.1) is 12.0 Å². The maximum absolute atomic E-state index is 13.3. The summed E-state index contributed by atoms with van der Waals surface area (Å²) >= 11 is 6.44. The number of rotatable bonds is 7. The van der Waals surface area contributed by atoms with Crippen LogP contribution < -0.4 is 10.1 Å². The van der Waals surface area contributed by atoms with Gasteiger partial charge in [-0.15, -0.1) is 0 Å². The zero-order valence-electron chi connectivity index (χ0n) is 15.7. The van der Waals surface area contributed by atoms with Crippen LogP contribution in [0.3, 0.4) is 0 Å². The fourth-order valence-corrected chi connectivity index (χ4v) is 3.72. The van der Waals surface area contributed by atoms with E-state index in [0.717, 1.165) is 29.8 Å². The summed E-state index contributed by atoms with van der Waals surface area (Å²) in [5, 5.41) is 3.68. The van der Waals surface area contributed by atoms with Gasteiger partial charge in [0, 0.05) is 23.9 Å². The third-order valence-corrected chi connectivity index (χ3v) is 5.38. The first-order chi connectivity index (χ1) is 13.2. The number of nitrogens with one attached hydrogen (secondary N) is 1. The van der Waals surface area contributed by atoms with Crippen molar-refractivity contribution >= 4 is 23.2 Å². The van der Waals surface area contributed by atoms with Crippen LogP contribution in [-0.2, 0) is 14.9 Å². The molecule has 0 aliphatic carbocycles. The standard InChI is InChI=1S/C22H26ClNO3/c1-2-3-14-27-18-10-8-17(9-11-18)24-21(25)22(12-15-26-16-13-22)19-6-4-5-7-20(19)23/h4-11H,2-3,12-16H2,1H3,(H,24,25). The predicted octanol–water partition coefficient (Wildman–Crippen LogP) is 5.21. The molecule has 0 atom stereocenters. The molecule has 4 nitrogen and oxygen atoms in total. The van der Waals surface area contributed by atoms with Gasteiger partial charge < -0.3 is 14.8 Å². The number of carbonyl (C=O) groups excluding carboxylic acids is 1. The number of benzene rings is 2. The molecule has 0 aromatic heterocycles. The number of halogens is 1. The molecule has 1 heterocycles. The molecule has 144 valence electrons. The molecule has 1 amide bonds. The molecule has 0 saturated carbocycles. The molecular formula is C22H26ClNO3. The number of anilines is 1. The lowest BCUT2D eigenvalue weighted by Crippen LogP contribution is -2.45. The van der Waals surface area contributed by atoms with E-state index in [9.17, 15) is 4.79 Å². The van der Waals surface area contributed by atoms with Crippen molar-refractivity contribution in [3.63, 3.8) is 0 Å². The highest BCUT2D eigenvalue weighted by molar-refractivity contribution is 6.31. The second-order valence-electron chi connectivity index (χ2n) is 6.85. The lowest BCUT2D eigenvalue weighted by molar-refractivity contribution is -0.125. The van der Waals surface area contributed by atoms with Gasteiger partial charge in [-0.3, -0.25) is 4.79 Å². The fraction of sp³-hybridized carbons (Fsp3) is 0.409. The van der Waals surface area contributed by atoms with E-state index in [4.69, 9.17) is 21.1 Å². The van der Waals surface area contributed by atoms with Crippen molar-refractivity contribution in [2.45, 2.75) is 38.0 Å². The maximum atomic E-state index is 13.3. The third kappa shape index (κ3) is 4.63. The molecule has 0 unspecified atom stereocenters. The summed E-state index contributed by atoms with van der Waals surface area (Å²) in [6.45, 7) is 3.93. The summed E-state index contributed by atoms with van der Waals surface area (Å²) < 4.78 is 11.2. The normalized spacial score (nSPS) is 15.9. The average molecular weight is 388 g/mol. The number of amides is 1. The van der Waals surface area contributed by atoms with Gasteiger partial charge in [0.15, 0.2) is 0 Å². The second kappa shape index (κ2) is 9.25. The Morgan fingerprint density at radius 1 is 1.15 bits per heavy atom. The molecule has 1 N–H and O–H groups in total. The lowest BCUT2D eigenvalue weighted by Gasteiger charge is -2.36. The van der Waals surface area contributed by atoms with Crippen molar-refractivity contribution in [2.75, 3.05) is 25.1 Å². The van der Waals surface area contributed by atoms with Crippen molar-refractivity contribution in [1.29, 1.82) is 0 Å². The van der Waals surface area contributed by atoms with Crippen molar-refractivity contribution in [2.24, 2.45) is 0 Å². The Bertz CT molecular complexity index is 754. The first-order valence-electron chi connectivity index (χ1n) is 9.53. The summed E-state index contributed by atoms with van der Waals surface area (Å²) in [4.78, 5) is 13.3. The smallest absolute Gasteiger partial charge is 0.235 e. The first-order valence-corrected chi connectivity index (χ1v) is 9.90. The molecule has 0 spiro atoms. The van der Waals surface area contributed by atoms with E-state index in [0.29, 0.717) is 37.7 Å². The summed E-state index contributed by atoms with van der Waals surface area (Å²) in [7, 11) is 0. The molecule has 1 aliphatic rings. The molecule has 1 aliphatic heterocycles. The Labute approximate surface area is 165 Å². The van der Waals surface area contributed by atoms with Gasteiger partial charge in [-0.2, -0.15) is 0 Å². The van der Waals surface area contributed by atoms with E-state index < -0.39 is 5.41 Å². The molecule has 2 aromatic carbocycles. The minimum atomic E-state index is -0.674. The van der Waals surface area contributed by atoms with Gasteiger partial charge in [0.1, 0.15) is 5.75 Å². The van der Waals surface area contributed by atoms with Gasteiger partial charge in [-0.05, 0) is 55.2 Å². The van der Waals surface area contributed by atoms with E-state index in [1.165, 1.54) is 0 Å². The van der Waals surface area contributed by atoms with Crippen LogP contribution in [0.25, 0.3) is 0 Å². The molecule has 27 heavy (non-hydrogen) atoms. The van der Waals surface area contributed by atoms with Crippen molar-refractivity contribution in [3.8, 4) is 5.75 Å². The van der Waals surface area contributed by atoms with Crippen LogP contribution in [0.15, 0.2) is 48.5 Å². The quantitative estimate of drug-likeness (QED) is 0.663. The summed E-state index contributed by atoms with van der Waals surface area (Å²) in [6, 6.07) is 15.1. The van der Waals surface area contributed by atoms with Crippen molar-refractivity contribution < 1.29 is 14.3 Å². The highest BCUT2D eigenvalue weighted by Crippen LogP contribution is 2.39. The number of carbonyl (C=O) groups is 1. The zero-order valence-corrected chi connectivity index (χ0v) is 16.4. The fourth-order valence-electron chi connectivity index (χ4n) is 3.41. The molecule has 0 radical (unpaired) electrons. The SMILES string of the molecule is CCCCOc1ccc(NC(=O)C2(c3ccccc3Cl)CCOCC2)cc1. The largest absolute Gasteiger partial charge is 0.494 e. The second-order valence-corrected chi connectivity index (χ2v) is 7.26. The van der Waals surface area contributed by atoms with Crippen LogP contribution in [0.2, 0.25) is 5.02 Å². The van der Waals surface area contributed by atoms with E-state index >= 15 is 0 Å². The van der Waals surface area contributed by atoms with Crippen LogP contribution in [-0.4, -0.2) is 25.7 Å². The average Bonchev–Trinajstić information content (AvgIpc) is 2.70. The van der Waals surface area contributed by atoms with E-state index in [-0.39, 0.29) is 5.91 Å². The number of hydrogen-bond donors (Lipinski definition) is 1. The van der Waals surface area contributed by atoms with E-state index in [1.54, 1.807) is 0 Å². The van der Waals surface area contributed by atoms with Crippen molar-refractivity contribution in [3.05, 3.63) is 59.1 Å². The third-order valence-electron chi connectivity index (χ3n) is 5.05. The van der Waals surface area contributed by atoms with Crippen LogP contribution in [0.5, 0.6) is 5.75 Å². The number of unbranched alkanes of at least 4 members (excludes halogenated alkanes) is 1. The number of ether oxygens (including phenoxy) is 2. The molecule has 1 saturated heterocycles. The predicted molar refractivity (Wildman–Crippen MR) is 109 cm³/mol. The van der Waals surface area contributed by atoms with Gasteiger partial charge in [0.25, 0.3) is 0 Å². The molecular weight excluding hydrogens is 362 g/mol. The minimum absolute atomic E-state index is 0.0430. The van der Waals surface area contributed by atoms with Crippen LogP contribution in [0, 0.1) is 0 Å². The molecule has 0 bridgehead atoms. The van der Waals surface area contributed by atoms with Crippen LogP contribution in [0.1, 0.15) is 38.2 Å². The van der Waals surface area contributed by atoms with E-state index in [1.807, 2.05) is 48.5 Å². The zero-order chi connectivity index (χ0) is 19.1. The maximum Gasteiger partial charge on any atom is 0.235 e. The highest BCUT2D eigenvalue weighted by Gasteiger charge is 2.43. The Morgan fingerprint density at radius 3 is 2.52 bits per heavy atom. The monoisotopic (exact) mass is 387 g/mol. The molecule has 3 rings (SSSR count). The Kier molecular flexibility index (Phi) is 6.75. The van der Waals surface area contributed by atoms with Crippen LogP contribution >= 0.6 is 11.6 Å². The molecule has 1 fully saturated rings. The number of hydrogen-bond acceptors (Lipinski definition) is 3. The highest BCUT2D eigenvalue weighted by atomic mass is 35.5. The summed E-state index contributed by atoms with van der Waals surface area (Å²) in [6.07, 6.45) is 3.35. The lowest BCUT2D eigenvalue weighted by atomic mass is 9.73.